The summed E-state index contributed by atoms with van der Waals surface area (Å²) in [7, 11) is 0. The van der Waals surface area contributed by atoms with Gasteiger partial charge in [0.15, 0.2) is 22.8 Å². The molecule has 3 aliphatic rings. The van der Waals surface area contributed by atoms with Crippen LogP contribution in [0.2, 0.25) is 5.02 Å². The molecule has 2 aromatic carbocycles. The highest BCUT2D eigenvalue weighted by Gasteiger charge is 2.36. The van der Waals surface area contributed by atoms with Crippen LogP contribution in [0.4, 0.5) is 0 Å². The van der Waals surface area contributed by atoms with E-state index in [0.717, 1.165) is 10.2 Å². The van der Waals surface area contributed by atoms with Gasteiger partial charge in [0.2, 0.25) is 6.79 Å². The van der Waals surface area contributed by atoms with Gasteiger partial charge in [-0.05, 0) is 30.0 Å². The van der Waals surface area contributed by atoms with Gasteiger partial charge in [-0.25, -0.2) is 5.01 Å². The molecule has 5 rings (SSSR count). The van der Waals surface area contributed by atoms with Crippen molar-refractivity contribution in [3.8, 4) is 11.5 Å². The molecule has 1 amide bonds. The number of hydrazone groups is 1. The molecule has 7 nitrogen and oxygen atoms in total. The van der Waals surface area contributed by atoms with E-state index >= 15 is 0 Å². The van der Waals surface area contributed by atoms with Crippen LogP contribution in [-0.4, -0.2) is 28.6 Å². The Balaban J connectivity index is 1.75. The molecule has 0 bridgehead atoms. The number of carbonyl (C=O) groups excluding carboxylic acids is 1. The number of carbonyl (C=O) groups is 1. The summed E-state index contributed by atoms with van der Waals surface area (Å²) >= 11 is 11.5. The van der Waals surface area contributed by atoms with Crippen LogP contribution in [0.25, 0.3) is 5.70 Å². The second-order valence-corrected chi connectivity index (χ2v) is 8.95. The average Bonchev–Trinajstić information content (AvgIpc) is 3.14. The highest BCUT2D eigenvalue weighted by Crippen LogP contribution is 2.42. The van der Waals surface area contributed by atoms with E-state index in [-0.39, 0.29) is 12.7 Å². The molecule has 2 aromatic rings. The number of nitrogens with zero attached hydrogens (tertiary/aromatic N) is 3. The first-order chi connectivity index (χ1) is 14.0. The number of halogens is 2. The van der Waals surface area contributed by atoms with Crippen molar-refractivity contribution in [1.29, 1.82) is 0 Å². The predicted octanol–water partition coefficient (Wildman–Crippen LogP) is 2.73. The van der Waals surface area contributed by atoms with Crippen molar-refractivity contribution >= 4 is 56.1 Å². The van der Waals surface area contributed by atoms with Gasteiger partial charge in [0, 0.05) is 21.3 Å². The summed E-state index contributed by atoms with van der Waals surface area (Å²) in [6.45, 7) is 2.14. The van der Waals surface area contributed by atoms with Crippen LogP contribution in [0.15, 0.2) is 44.9 Å². The van der Waals surface area contributed by atoms with Gasteiger partial charge in [-0.3, -0.25) is 15.1 Å². The summed E-state index contributed by atoms with van der Waals surface area (Å²) in [4.78, 5) is 17.9. The molecular formula is C19H14BrClN4O3S. The Bertz CT molecular complexity index is 1200. The highest BCUT2D eigenvalue weighted by molar-refractivity contribution is 9.10. The van der Waals surface area contributed by atoms with E-state index in [4.69, 9.17) is 26.1 Å². The van der Waals surface area contributed by atoms with Crippen LogP contribution in [0, 0.1) is 0 Å². The number of ether oxygens (including phenoxy) is 2. The molecule has 29 heavy (non-hydrogen) atoms. The highest BCUT2D eigenvalue weighted by atomic mass is 79.9. The molecule has 0 aromatic heterocycles. The molecule has 0 aliphatic carbocycles. The summed E-state index contributed by atoms with van der Waals surface area (Å²) < 4.78 is 11.8. The lowest BCUT2D eigenvalue weighted by Crippen LogP contribution is -2.50. The number of hydrogen-bond acceptors (Lipinski definition) is 7. The summed E-state index contributed by atoms with van der Waals surface area (Å²) in [6, 6.07) is 9.13. The van der Waals surface area contributed by atoms with Crippen molar-refractivity contribution in [2.45, 2.75) is 13.1 Å². The zero-order valence-corrected chi connectivity index (χ0v) is 18.3. The van der Waals surface area contributed by atoms with Crippen LogP contribution in [-0.2, 0) is 4.79 Å². The van der Waals surface area contributed by atoms with Gasteiger partial charge in [0.05, 0.1) is 10.4 Å². The standard InChI is InChI=1S/C19H14BrClN4O3S/c1-2-29-19-23-18(26)16-11-5-9(20)3-4-13(11)22-17(25(16)24-19)10-6-14-15(7-12(10)21)28-8-27-14/h3-7,17H,2,8H2,1H3,(H,23,24,26)/t17-/m0/s1. The number of amides is 1. The Labute approximate surface area is 183 Å². The Morgan fingerprint density at radius 2 is 2.10 bits per heavy atom. The second kappa shape index (κ2) is 7.23. The third kappa shape index (κ3) is 3.17. The van der Waals surface area contributed by atoms with Crippen molar-refractivity contribution in [2.75, 3.05) is 12.5 Å². The monoisotopic (exact) mass is 492 g/mol. The number of hydrogen-bond donors (Lipinski definition) is 1. The molecule has 1 N–H and O–H groups in total. The smallest absolute Gasteiger partial charge is 0.276 e. The largest absolute Gasteiger partial charge is 0.454 e. The molecule has 0 spiro atoms. The number of fused-ring (bicyclic) bond motifs is 3. The lowest BCUT2D eigenvalue weighted by molar-refractivity contribution is -0.116. The molecular weight excluding hydrogens is 480 g/mol. The fourth-order valence-electron chi connectivity index (χ4n) is 3.39. The topological polar surface area (TPSA) is 75.5 Å². The number of thioether (sulfide) groups is 1. The zero-order valence-electron chi connectivity index (χ0n) is 15.1. The van der Waals surface area contributed by atoms with E-state index in [0.29, 0.717) is 43.5 Å². The minimum atomic E-state index is -0.612. The summed E-state index contributed by atoms with van der Waals surface area (Å²) in [5.41, 5.74) is 1.11. The lowest BCUT2D eigenvalue weighted by atomic mass is 10.1. The van der Waals surface area contributed by atoms with E-state index in [9.17, 15) is 4.79 Å². The fourth-order valence-corrected chi connectivity index (χ4v) is 4.58. The third-order valence-electron chi connectivity index (χ3n) is 4.62. The van der Waals surface area contributed by atoms with Gasteiger partial charge in [-0.1, -0.05) is 46.2 Å². The van der Waals surface area contributed by atoms with E-state index in [1.165, 1.54) is 11.8 Å². The SMILES string of the molecule is CCSC1=NN2C(=c3cc(Br)ccc3=N[C@@H]2c2cc3c(cc2Cl)OCO3)C(=O)N1. The van der Waals surface area contributed by atoms with Crippen molar-refractivity contribution < 1.29 is 14.3 Å². The maximum Gasteiger partial charge on any atom is 0.276 e. The molecule has 0 saturated heterocycles. The molecule has 0 unspecified atom stereocenters. The Morgan fingerprint density at radius 3 is 2.90 bits per heavy atom. The zero-order chi connectivity index (χ0) is 20.1. The molecule has 10 heteroatoms. The van der Waals surface area contributed by atoms with Crippen LogP contribution in [0.5, 0.6) is 11.5 Å². The first-order valence-electron chi connectivity index (χ1n) is 8.84. The molecule has 0 fully saturated rings. The maximum atomic E-state index is 13.0. The fraction of sp³-hybridized carbons (Fsp3) is 0.211. The van der Waals surface area contributed by atoms with Crippen molar-refractivity contribution in [1.82, 2.24) is 10.3 Å². The van der Waals surface area contributed by atoms with Gasteiger partial charge in [-0.15, -0.1) is 5.10 Å². The Hall–Kier alpha value is -2.23. The Kier molecular flexibility index (Phi) is 4.68. The van der Waals surface area contributed by atoms with E-state index in [1.807, 2.05) is 25.1 Å². The van der Waals surface area contributed by atoms with Gasteiger partial charge in [0.25, 0.3) is 5.91 Å². The lowest BCUT2D eigenvalue weighted by Gasteiger charge is -2.34. The third-order valence-corrected chi connectivity index (χ3v) is 6.19. The first kappa shape index (κ1) is 18.8. The Morgan fingerprint density at radius 1 is 1.31 bits per heavy atom. The van der Waals surface area contributed by atoms with Crippen molar-refractivity contribution in [3.05, 3.63) is 56.0 Å². The average molecular weight is 494 g/mol. The summed E-state index contributed by atoms with van der Waals surface area (Å²) in [5, 5.41) is 11.6. The number of nitrogens with one attached hydrogen (secondary N) is 1. The molecule has 3 aliphatic heterocycles. The van der Waals surface area contributed by atoms with Gasteiger partial charge in [-0.2, -0.15) is 0 Å². The van der Waals surface area contributed by atoms with Crippen LogP contribution in [0.3, 0.4) is 0 Å². The molecule has 148 valence electrons. The van der Waals surface area contributed by atoms with Crippen LogP contribution in [0.1, 0.15) is 18.7 Å². The second-order valence-electron chi connectivity index (χ2n) is 6.38. The molecule has 3 heterocycles. The minimum Gasteiger partial charge on any atom is -0.454 e. The van der Waals surface area contributed by atoms with Gasteiger partial charge >= 0.3 is 0 Å². The van der Waals surface area contributed by atoms with Crippen LogP contribution >= 0.6 is 39.3 Å². The normalized spacial score (nSPS) is 19.2. The van der Waals surface area contributed by atoms with E-state index in [1.54, 1.807) is 17.1 Å². The summed E-state index contributed by atoms with van der Waals surface area (Å²) in [6.07, 6.45) is -0.612. The number of rotatable bonds is 2. The van der Waals surface area contributed by atoms with Gasteiger partial charge in [0.1, 0.15) is 5.70 Å². The minimum absolute atomic E-state index is 0.146. The van der Waals surface area contributed by atoms with E-state index in [2.05, 4.69) is 26.3 Å². The predicted molar refractivity (Wildman–Crippen MR) is 114 cm³/mol. The number of amidine groups is 1. The first-order valence-corrected chi connectivity index (χ1v) is 11.0. The molecule has 0 saturated carbocycles. The molecule has 0 radical (unpaired) electrons. The quantitative estimate of drug-likeness (QED) is 0.696. The maximum absolute atomic E-state index is 13.0. The van der Waals surface area contributed by atoms with Gasteiger partial charge < -0.3 is 9.47 Å². The van der Waals surface area contributed by atoms with Crippen molar-refractivity contribution in [3.63, 3.8) is 0 Å². The van der Waals surface area contributed by atoms with Crippen LogP contribution < -0.4 is 25.4 Å². The molecule has 1 atom stereocenters. The summed E-state index contributed by atoms with van der Waals surface area (Å²) in [5.74, 6) is 1.73. The van der Waals surface area contributed by atoms with Crippen molar-refractivity contribution in [2.24, 2.45) is 10.1 Å². The number of benzene rings is 2. The van der Waals surface area contributed by atoms with E-state index < -0.39 is 6.17 Å².